The smallest absolute Gasteiger partial charge is 0.306 e. The van der Waals surface area contributed by atoms with Crippen LogP contribution in [-0.4, -0.2) is 23.8 Å². The Hall–Kier alpha value is -0.570. The average molecular weight is 272 g/mol. The molecule has 3 heteroatoms. The summed E-state index contributed by atoms with van der Waals surface area (Å²) in [5, 5.41) is 8.93. The maximum atomic E-state index is 11.4. The molecular formula is C16H32O3. The summed E-state index contributed by atoms with van der Waals surface area (Å²) in [4.78, 5) is 11.4. The first-order chi connectivity index (χ1) is 9.24. The second kappa shape index (κ2) is 13.9. The number of hydrogen-bond acceptors (Lipinski definition) is 3. The maximum absolute atomic E-state index is 11.4. The third-order valence-electron chi connectivity index (χ3n) is 3.44. The van der Waals surface area contributed by atoms with Crippen LogP contribution in [0.1, 0.15) is 84.5 Å². The predicted octanol–water partition coefficient (Wildman–Crippen LogP) is 4.22. The Labute approximate surface area is 118 Å². The molecule has 0 aromatic rings. The normalized spacial score (nSPS) is 12.4. The second-order valence-electron chi connectivity index (χ2n) is 5.28. The fourth-order valence-corrected chi connectivity index (χ4v) is 2.07. The van der Waals surface area contributed by atoms with Gasteiger partial charge in [0.25, 0.3) is 0 Å². The molecule has 0 radical (unpaired) electrons. The fourth-order valence-electron chi connectivity index (χ4n) is 2.07. The molecule has 114 valence electrons. The number of aliphatic hydroxyl groups excluding tert-OH is 1. The molecule has 1 atom stereocenters. The van der Waals surface area contributed by atoms with Gasteiger partial charge in [0.05, 0.1) is 6.61 Å². The van der Waals surface area contributed by atoms with E-state index in [4.69, 9.17) is 9.84 Å². The highest BCUT2D eigenvalue weighted by molar-refractivity contribution is 5.69. The number of carbonyl (C=O) groups excluding carboxylic acids is 1. The first kappa shape index (κ1) is 18.4. The summed E-state index contributed by atoms with van der Waals surface area (Å²) in [5.74, 6) is -0.163. The monoisotopic (exact) mass is 272 g/mol. The third kappa shape index (κ3) is 12.2. The van der Waals surface area contributed by atoms with E-state index in [0.717, 1.165) is 12.8 Å². The molecular weight excluding hydrogens is 240 g/mol. The number of unbranched alkanes of at least 4 members (excludes halogenated alkanes) is 8. The molecule has 0 fully saturated rings. The molecule has 0 aromatic carbocycles. The molecule has 0 saturated heterocycles. The van der Waals surface area contributed by atoms with Crippen LogP contribution in [0.4, 0.5) is 0 Å². The SMILES string of the molecule is CCCCCCCCCCCC(=O)OC(CC)CO. The van der Waals surface area contributed by atoms with Gasteiger partial charge in [-0.2, -0.15) is 0 Å². The molecule has 0 amide bonds. The zero-order chi connectivity index (χ0) is 14.3. The van der Waals surface area contributed by atoms with Crippen LogP contribution in [0.25, 0.3) is 0 Å². The third-order valence-corrected chi connectivity index (χ3v) is 3.44. The zero-order valence-corrected chi connectivity index (χ0v) is 12.8. The second-order valence-corrected chi connectivity index (χ2v) is 5.28. The van der Waals surface area contributed by atoms with Gasteiger partial charge < -0.3 is 9.84 Å². The number of hydrogen-bond donors (Lipinski definition) is 1. The number of ether oxygens (including phenoxy) is 1. The van der Waals surface area contributed by atoms with Crippen LogP contribution in [0.15, 0.2) is 0 Å². The summed E-state index contributed by atoms with van der Waals surface area (Å²) in [6.45, 7) is 4.08. The van der Waals surface area contributed by atoms with Crippen LogP contribution in [0, 0.1) is 0 Å². The van der Waals surface area contributed by atoms with E-state index in [2.05, 4.69) is 6.92 Å². The van der Waals surface area contributed by atoms with Gasteiger partial charge in [0.2, 0.25) is 0 Å². The van der Waals surface area contributed by atoms with Crippen molar-refractivity contribution in [2.24, 2.45) is 0 Å². The Morgan fingerprint density at radius 3 is 1.95 bits per heavy atom. The number of carbonyl (C=O) groups is 1. The molecule has 0 spiro atoms. The lowest BCUT2D eigenvalue weighted by Gasteiger charge is -2.12. The van der Waals surface area contributed by atoms with Gasteiger partial charge in [-0.15, -0.1) is 0 Å². The van der Waals surface area contributed by atoms with Gasteiger partial charge in [0.1, 0.15) is 6.10 Å². The van der Waals surface area contributed by atoms with Crippen LogP contribution in [0.5, 0.6) is 0 Å². The van der Waals surface area contributed by atoms with Crippen molar-refractivity contribution in [1.29, 1.82) is 0 Å². The van der Waals surface area contributed by atoms with Crippen LogP contribution < -0.4 is 0 Å². The minimum absolute atomic E-state index is 0.0694. The molecule has 0 rings (SSSR count). The summed E-state index contributed by atoms with van der Waals surface area (Å²) in [7, 11) is 0. The molecule has 0 saturated carbocycles. The van der Waals surface area contributed by atoms with Crippen molar-refractivity contribution in [1.82, 2.24) is 0 Å². The van der Waals surface area contributed by atoms with Gasteiger partial charge in [-0.1, -0.05) is 65.2 Å². The minimum Gasteiger partial charge on any atom is -0.460 e. The van der Waals surface area contributed by atoms with Crippen molar-refractivity contribution >= 4 is 5.97 Å². The molecule has 3 nitrogen and oxygen atoms in total. The molecule has 0 aliphatic rings. The highest BCUT2D eigenvalue weighted by Gasteiger charge is 2.10. The Morgan fingerprint density at radius 1 is 0.947 bits per heavy atom. The fraction of sp³-hybridized carbons (Fsp3) is 0.938. The molecule has 1 unspecified atom stereocenters. The van der Waals surface area contributed by atoms with Crippen LogP contribution >= 0.6 is 0 Å². The highest BCUT2D eigenvalue weighted by Crippen LogP contribution is 2.11. The Balaban J connectivity index is 3.27. The zero-order valence-electron chi connectivity index (χ0n) is 12.8. The van der Waals surface area contributed by atoms with Crippen LogP contribution in [0.3, 0.4) is 0 Å². The molecule has 0 aromatic heterocycles. The van der Waals surface area contributed by atoms with Crippen molar-refractivity contribution in [3.63, 3.8) is 0 Å². The lowest BCUT2D eigenvalue weighted by molar-refractivity contribution is -0.151. The van der Waals surface area contributed by atoms with Gasteiger partial charge in [0, 0.05) is 6.42 Å². The average Bonchev–Trinajstić information content (AvgIpc) is 2.43. The summed E-state index contributed by atoms with van der Waals surface area (Å²) < 4.78 is 5.13. The molecule has 0 bridgehead atoms. The van der Waals surface area contributed by atoms with Crippen LogP contribution in [0.2, 0.25) is 0 Å². The lowest BCUT2D eigenvalue weighted by atomic mass is 10.1. The van der Waals surface area contributed by atoms with Gasteiger partial charge in [0.15, 0.2) is 0 Å². The maximum Gasteiger partial charge on any atom is 0.306 e. The van der Waals surface area contributed by atoms with E-state index in [1.165, 1.54) is 44.9 Å². The Morgan fingerprint density at radius 2 is 1.47 bits per heavy atom. The summed E-state index contributed by atoms with van der Waals surface area (Å²) in [6, 6.07) is 0. The first-order valence-corrected chi connectivity index (χ1v) is 8.04. The number of esters is 1. The first-order valence-electron chi connectivity index (χ1n) is 8.04. The van der Waals surface area contributed by atoms with Gasteiger partial charge in [-0.25, -0.2) is 0 Å². The van der Waals surface area contributed by atoms with E-state index >= 15 is 0 Å². The minimum atomic E-state index is -0.314. The lowest BCUT2D eigenvalue weighted by Crippen LogP contribution is -2.20. The van der Waals surface area contributed by atoms with E-state index in [9.17, 15) is 4.79 Å². The summed E-state index contributed by atoms with van der Waals surface area (Å²) >= 11 is 0. The van der Waals surface area contributed by atoms with E-state index in [0.29, 0.717) is 12.8 Å². The van der Waals surface area contributed by atoms with Crippen molar-refractivity contribution in [3.8, 4) is 0 Å². The van der Waals surface area contributed by atoms with Crippen molar-refractivity contribution in [3.05, 3.63) is 0 Å². The van der Waals surface area contributed by atoms with Gasteiger partial charge in [-0.05, 0) is 12.8 Å². The molecule has 0 aliphatic heterocycles. The van der Waals surface area contributed by atoms with Crippen molar-refractivity contribution in [2.75, 3.05) is 6.61 Å². The van der Waals surface area contributed by atoms with E-state index < -0.39 is 0 Å². The standard InChI is InChI=1S/C16H32O3/c1-3-5-6-7-8-9-10-11-12-13-16(18)19-15(4-2)14-17/h15,17H,3-14H2,1-2H3. The summed E-state index contributed by atoms with van der Waals surface area (Å²) in [6.07, 6.45) is 12.1. The summed E-state index contributed by atoms with van der Waals surface area (Å²) in [5.41, 5.74) is 0. The van der Waals surface area contributed by atoms with E-state index in [1.807, 2.05) is 6.92 Å². The number of aliphatic hydroxyl groups is 1. The largest absolute Gasteiger partial charge is 0.460 e. The molecule has 19 heavy (non-hydrogen) atoms. The number of rotatable bonds is 13. The predicted molar refractivity (Wildman–Crippen MR) is 79.1 cm³/mol. The Kier molecular flexibility index (Phi) is 13.4. The Bertz CT molecular complexity index is 200. The van der Waals surface area contributed by atoms with Crippen molar-refractivity contribution in [2.45, 2.75) is 90.6 Å². The van der Waals surface area contributed by atoms with Gasteiger partial charge >= 0.3 is 5.97 Å². The van der Waals surface area contributed by atoms with E-state index in [1.54, 1.807) is 0 Å². The van der Waals surface area contributed by atoms with Crippen LogP contribution in [-0.2, 0) is 9.53 Å². The molecule has 0 heterocycles. The molecule has 0 aliphatic carbocycles. The topological polar surface area (TPSA) is 46.5 Å². The highest BCUT2D eigenvalue weighted by atomic mass is 16.5. The quantitative estimate of drug-likeness (QED) is 0.403. The molecule has 1 N–H and O–H groups in total. The van der Waals surface area contributed by atoms with Gasteiger partial charge in [-0.3, -0.25) is 4.79 Å². The van der Waals surface area contributed by atoms with E-state index in [-0.39, 0.29) is 18.7 Å². The van der Waals surface area contributed by atoms with Crippen molar-refractivity contribution < 1.29 is 14.6 Å².